The van der Waals surface area contributed by atoms with E-state index in [4.69, 9.17) is 27.6 Å². The average molecular weight is 334 g/mol. The second kappa shape index (κ2) is 6.18. The van der Waals surface area contributed by atoms with E-state index in [1.54, 1.807) is 25.2 Å². The maximum atomic E-state index is 12.4. The van der Waals surface area contributed by atoms with Crippen LogP contribution in [0.25, 0.3) is 0 Å². The summed E-state index contributed by atoms with van der Waals surface area (Å²) < 4.78 is 30.2. The number of benzene rings is 1. The lowest BCUT2D eigenvalue weighted by Crippen LogP contribution is -2.06. The van der Waals surface area contributed by atoms with E-state index in [2.05, 4.69) is 5.32 Å². The topological polar surface area (TPSA) is 59.3 Å². The van der Waals surface area contributed by atoms with Gasteiger partial charge in [0, 0.05) is 0 Å². The Balaban J connectivity index is 2.31. The highest BCUT2D eigenvalue weighted by molar-refractivity contribution is 7.90. The normalized spacial score (nSPS) is 11.8. The van der Waals surface area contributed by atoms with Crippen LogP contribution in [0, 0.1) is 0 Å². The van der Waals surface area contributed by atoms with Gasteiger partial charge in [-0.3, -0.25) is 0 Å². The molecule has 0 bridgehead atoms. The molecule has 0 saturated heterocycles. The van der Waals surface area contributed by atoms with Crippen LogP contribution in [0.3, 0.4) is 0 Å². The number of nitrogens with one attached hydrogen (secondary N) is 1. The molecule has 0 atom stereocenters. The summed E-state index contributed by atoms with van der Waals surface area (Å²) in [4.78, 5) is -0.0603. The van der Waals surface area contributed by atoms with Gasteiger partial charge in [0.2, 0.25) is 0 Å². The Bertz CT molecular complexity index is 690. The van der Waals surface area contributed by atoms with Crippen LogP contribution in [0.5, 0.6) is 0 Å². The lowest BCUT2D eigenvalue weighted by atomic mass is 10.4. The first-order valence-electron chi connectivity index (χ1n) is 5.83. The summed E-state index contributed by atoms with van der Waals surface area (Å²) in [5, 5.41) is 3.15. The molecule has 1 aromatic carbocycles. The smallest absolute Gasteiger partial charge is 0.188 e. The molecule has 0 unspecified atom stereocenters. The molecule has 0 fully saturated rings. The molecule has 7 heteroatoms. The second-order valence-corrected chi connectivity index (χ2v) is 6.95. The Labute approximate surface area is 127 Å². The quantitative estimate of drug-likeness (QED) is 0.912. The van der Waals surface area contributed by atoms with E-state index in [9.17, 15) is 8.42 Å². The first kappa shape index (κ1) is 15.4. The minimum atomic E-state index is -3.65. The van der Waals surface area contributed by atoms with Gasteiger partial charge in [-0.15, -0.1) is 0 Å². The monoisotopic (exact) mass is 333 g/mol. The van der Waals surface area contributed by atoms with Gasteiger partial charge in [-0.25, -0.2) is 8.42 Å². The maximum absolute atomic E-state index is 12.4. The highest BCUT2D eigenvalue weighted by Crippen LogP contribution is 2.31. The summed E-state index contributed by atoms with van der Waals surface area (Å²) in [6, 6.07) is 7.95. The van der Waals surface area contributed by atoms with E-state index in [1.165, 1.54) is 12.1 Å². The number of hydrogen-bond donors (Lipinski definition) is 1. The molecule has 0 amide bonds. The zero-order valence-electron chi connectivity index (χ0n) is 10.7. The van der Waals surface area contributed by atoms with E-state index in [-0.39, 0.29) is 20.7 Å². The van der Waals surface area contributed by atoms with Crippen molar-refractivity contribution < 1.29 is 12.8 Å². The fourth-order valence-corrected chi connectivity index (χ4v) is 4.32. The molecule has 0 saturated carbocycles. The van der Waals surface area contributed by atoms with Crippen molar-refractivity contribution >= 4 is 33.0 Å². The summed E-state index contributed by atoms with van der Waals surface area (Å²) in [5.41, 5.74) is 0. The van der Waals surface area contributed by atoms with Gasteiger partial charge in [-0.2, -0.15) is 0 Å². The number of sulfone groups is 1. The van der Waals surface area contributed by atoms with Crippen molar-refractivity contribution in [1.82, 2.24) is 5.32 Å². The number of hydrogen-bond acceptors (Lipinski definition) is 4. The predicted molar refractivity (Wildman–Crippen MR) is 78.8 cm³/mol. The minimum absolute atomic E-state index is 0.0603. The van der Waals surface area contributed by atoms with Gasteiger partial charge < -0.3 is 9.73 Å². The van der Waals surface area contributed by atoms with Crippen LogP contribution >= 0.6 is 23.2 Å². The van der Waals surface area contributed by atoms with Crippen LogP contribution < -0.4 is 5.32 Å². The zero-order valence-corrected chi connectivity index (χ0v) is 13.0. The molecular weight excluding hydrogens is 321 g/mol. The zero-order chi connectivity index (χ0) is 14.8. The van der Waals surface area contributed by atoms with Crippen molar-refractivity contribution in [1.29, 1.82) is 0 Å². The Morgan fingerprint density at radius 3 is 2.30 bits per heavy atom. The third kappa shape index (κ3) is 3.35. The van der Waals surface area contributed by atoms with Crippen LogP contribution in [0.4, 0.5) is 0 Å². The summed E-state index contributed by atoms with van der Waals surface area (Å²) in [6.07, 6.45) is 0. The largest absolute Gasteiger partial charge is 0.464 e. The van der Waals surface area contributed by atoms with Gasteiger partial charge in [0.1, 0.15) is 22.2 Å². The highest BCUT2D eigenvalue weighted by Gasteiger charge is 2.23. The Kier molecular flexibility index (Phi) is 4.75. The van der Waals surface area contributed by atoms with Gasteiger partial charge >= 0.3 is 0 Å². The molecule has 0 aliphatic carbocycles. The summed E-state index contributed by atoms with van der Waals surface area (Å²) in [7, 11) is -1.87. The van der Waals surface area contributed by atoms with Crippen LogP contribution in [0.1, 0.15) is 11.5 Å². The molecule has 1 N–H and O–H groups in total. The van der Waals surface area contributed by atoms with Crippen LogP contribution in [-0.2, 0) is 22.1 Å². The molecule has 0 aliphatic heterocycles. The maximum Gasteiger partial charge on any atom is 0.188 e. The Morgan fingerprint density at radius 2 is 1.70 bits per heavy atom. The van der Waals surface area contributed by atoms with Crippen LogP contribution in [-0.4, -0.2) is 15.5 Å². The number of rotatable bonds is 5. The lowest BCUT2D eigenvalue weighted by molar-refractivity contribution is 0.465. The fourth-order valence-electron chi connectivity index (χ4n) is 1.81. The van der Waals surface area contributed by atoms with E-state index in [1.807, 2.05) is 0 Å². The van der Waals surface area contributed by atoms with Crippen LogP contribution in [0.2, 0.25) is 10.0 Å². The van der Waals surface area contributed by atoms with Gasteiger partial charge in [-0.1, -0.05) is 29.3 Å². The van der Waals surface area contributed by atoms with E-state index in [0.717, 1.165) is 0 Å². The van der Waals surface area contributed by atoms with Crippen molar-refractivity contribution in [2.24, 2.45) is 0 Å². The van der Waals surface area contributed by atoms with Gasteiger partial charge in [-0.05, 0) is 31.3 Å². The molecule has 0 spiro atoms. The van der Waals surface area contributed by atoms with Crippen molar-refractivity contribution in [3.05, 3.63) is 51.9 Å². The molecule has 2 rings (SSSR count). The predicted octanol–water partition coefficient (Wildman–Crippen LogP) is 3.28. The molecule has 4 nitrogen and oxygen atoms in total. The second-order valence-electron chi connectivity index (χ2n) is 4.21. The number of halogens is 2. The summed E-state index contributed by atoms with van der Waals surface area (Å²) >= 11 is 11.9. The molecule has 1 heterocycles. The van der Waals surface area contributed by atoms with Gasteiger partial charge in [0.05, 0.1) is 16.6 Å². The molecule has 108 valence electrons. The SMILES string of the molecule is CNCc1ccc(CS(=O)(=O)c2c(Cl)cccc2Cl)o1. The summed E-state index contributed by atoms with van der Waals surface area (Å²) in [6.45, 7) is 0.535. The van der Waals surface area contributed by atoms with Gasteiger partial charge in [0.15, 0.2) is 9.84 Å². The standard InChI is InChI=1S/C13H13Cl2NO3S/c1-16-7-9-5-6-10(19-9)8-20(17,18)13-11(14)3-2-4-12(13)15/h2-6,16H,7-8H2,1H3. The third-order valence-corrected chi connectivity index (χ3v) is 5.21. The average Bonchev–Trinajstić information content (AvgIpc) is 2.75. The van der Waals surface area contributed by atoms with E-state index < -0.39 is 9.84 Å². The summed E-state index contributed by atoms with van der Waals surface area (Å²) in [5.74, 6) is 0.745. The Hall–Kier alpha value is -1.01. The van der Waals surface area contributed by atoms with Crippen molar-refractivity contribution in [2.45, 2.75) is 17.2 Å². The van der Waals surface area contributed by atoms with Gasteiger partial charge in [0.25, 0.3) is 0 Å². The first-order valence-corrected chi connectivity index (χ1v) is 8.24. The minimum Gasteiger partial charge on any atom is -0.464 e. The van der Waals surface area contributed by atoms with Crippen molar-refractivity contribution in [2.75, 3.05) is 7.05 Å². The molecule has 1 aromatic heterocycles. The van der Waals surface area contributed by atoms with E-state index >= 15 is 0 Å². The molecule has 2 aromatic rings. The third-order valence-electron chi connectivity index (χ3n) is 2.63. The van der Waals surface area contributed by atoms with Crippen molar-refractivity contribution in [3.8, 4) is 0 Å². The first-order chi connectivity index (χ1) is 9.44. The van der Waals surface area contributed by atoms with Crippen LogP contribution in [0.15, 0.2) is 39.6 Å². The van der Waals surface area contributed by atoms with E-state index in [0.29, 0.717) is 18.1 Å². The molecule has 0 radical (unpaired) electrons. The molecular formula is C13H13Cl2NO3S. The lowest BCUT2D eigenvalue weighted by Gasteiger charge is -2.07. The van der Waals surface area contributed by atoms with Crippen molar-refractivity contribution in [3.63, 3.8) is 0 Å². The highest BCUT2D eigenvalue weighted by atomic mass is 35.5. The fraction of sp³-hybridized carbons (Fsp3) is 0.231. The Morgan fingerprint density at radius 1 is 1.10 bits per heavy atom. The molecule has 20 heavy (non-hydrogen) atoms. The molecule has 0 aliphatic rings. The number of furan rings is 1.